The Bertz CT molecular complexity index is 1460. The number of amides is 5. The zero-order valence-electron chi connectivity index (χ0n) is 32.9. The smallest absolute Gasteiger partial charge is 0.408 e. The molecule has 14 nitrogen and oxygen atoms in total. The van der Waals surface area contributed by atoms with E-state index in [4.69, 9.17) is 4.74 Å². The van der Waals surface area contributed by atoms with Crippen molar-refractivity contribution in [1.29, 1.82) is 0 Å². The average molecular weight is 766 g/mol. The summed E-state index contributed by atoms with van der Waals surface area (Å²) in [5.74, 6) is -3.70. The topological polar surface area (TPSA) is 209 Å². The van der Waals surface area contributed by atoms with Gasteiger partial charge in [0.1, 0.15) is 33.6 Å². The lowest BCUT2D eigenvalue weighted by molar-refractivity contribution is -0.133. The van der Waals surface area contributed by atoms with E-state index in [1.165, 1.54) is 6.08 Å². The summed E-state index contributed by atoms with van der Waals surface area (Å²) in [6.45, 7) is 18.1. The van der Waals surface area contributed by atoms with Crippen LogP contribution in [0.15, 0.2) is 43.0 Å². The summed E-state index contributed by atoms with van der Waals surface area (Å²) in [5, 5.41) is 24.8. The van der Waals surface area contributed by atoms with Gasteiger partial charge in [-0.25, -0.2) is 13.2 Å². The first-order valence-corrected chi connectivity index (χ1v) is 20.3. The summed E-state index contributed by atoms with van der Waals surface area (Å²) >= 11 is 0. The van der Waals surface area contributed by atoms with Gasteiger partial charge in [0.2, 0.25) is 23.6 Å². The molecule has 5 amide bonds. The number of sulfone groups is 1. The Hall–Kier alpha value is -3.98. The number of hydrogen-bond acceptors (Lipinski definition) is 9. The van der Waals surface area contributed by atoms with Crippen molar-refractivity contribution in [2.24, 2.45) is 17.8 Å². The lowest BCUT2D eigenvalue weighted by atomic mass is 9.93. The fourth-order valence-corrected chi connectivity index (χ4v) is 5.99. The molecule has 300 valence electrons. The molecule has 6 N–H and O–H groups in total. The molecule has 0 aromatic heterocycles. The van der Waals surface area contributed by atoms with Crippen molar-refractivity contribution in [3.63, 3.8) is 0 Å². The lowest BCUT2D eigenvalue weighted by Gasteiger charge is -2.29. The number of aliphatic hydroxyl groups excluding tert-OH is 1. The molecule has 1 aromatic carbocycles. The molecule has 0 aliphatic heterocycles. The number of aliphatic hydroxyl groups is 1. The summed E-state index contributed by atoms with van der Waals surface area (Å²) in [6.07, 6.45) is 0.924. The fourth-order valence-electron chi connectivity index (χ4n) is 5.33. The molecule has 15 heteroatoms. The Morgan fingerprint density at radius 2 is 1.47 bits per heavy atom. The quantitative estimate of drug-likeness (QED) is 0.0957. The first-order chi connectivity index (χ1) is 24.6. The summed E-state index contributed by atoms with van der Waals surface area (Å²) in [4.78, 5) is 66.1. The van der Waals surface area contributed by atoms with E-state index in [9.17, 15) is 37.5 Å². The van der Waals surface area contributed by atoms with Crippen molar-refractivity contribution in [2.75, 3.05) is 12.0 Å². The van der Waals surface area contributed by atoms with E-state index in [-0.39, 0.29) is 43.4 Å². The number of hydrogen-bond donors (Lipinski definition) is 6. The van der Waals surface area contributed by atoms with Gasteiger partial charge in [0.25, 0.3) is 0 Å². The maximum Gasteiger partial charge on any atom is 0.408 e. The van der Waals surface area contributed by atoms with Crippen molar-refractivity contribution in [3.8, 4) is 0 Å². The molecular formula is C38H63N5O9S. The minimum Gasteiger partial charge on any atom is -0.444 e. The molecule has 53 heavy (non-hydrogen) atoms. The number of alkyl carbamates (subject to hydrolysis) is 1. The molecule has 0 aliphatic carbocycles. The Morgan fingerprint density at radius 1 is 0.868 bits per heavy atom. The Kier molecular flexibility index (Phi) is 19.8. The molecule has 0 saturated carbocycles. The van der Waals surface area contributed by atoms with E-state index in [2.05, 4.69) is 33.2 Å². The van der Waals surface area contributed by atoms with Crippen LogP contribution in [0.25, 0.3) is 0 Å². The molecule has 1 aromatic rings. The molecule has 7 atom stereocenters. The number of rotatable bonds is 22. The lowest BCUT2D eigenvalue weighted by Crippen LogP contribution is -2.57. The van der Waals surface area contributed by atoms with Gasteiger partial charge in [0, 0.05) is 18.7 Å². The molecule has 0 unspecified atom stereocenters. The second kappa shape index (κ2) is 22.3. The van der Waals surface area contributed by atoms with Gasteiger partial charge in [-0.05, 0) is 63.9 Å². The van der Waals surface area contributed by atoms with E-state index in [0.717, 1.165) is 11.8 Å². The SMILES string of the molecule is C=CC[C@H](NC(=O)[C@H](CCS(C)(=O)=O)NC(=O)[C@H](CC(C)C)NC(=O)OC(C)(C)C)[C@@H](O)C[C@@H](C)C(=O)N[C@H](C(=O)NCc1ccccc1)[C@@H](C)CC. The molecule has 0 heterocycles. The number of carbonyl (C=O) groups is 5. The Labute approximate surface area is 316 Å². The van der Waals surface area contributed by atoms with Gasteiger partial charge in [-0.2, -0.15) is 0 Å². The van der Waals surface area contributed by atoms with E-state index in [1.54, 1.807) is 27.7 Å². The molecule has 0 bridgehead atoms. The minimum absolute atomic E-state index is 0.0422. The highest BCUT2D eigenvalue weighted by molar-refractivity contribution is 7.90. The second-order valence-electron chi connectivity index (χ2n) is 15.2. The molecule has 0 spiro atoms. The van der Waals surface area contributed by atoms with Crippen LogP contribution in [0.1, 0.15) is 93.1 Å². The molecule has 0 fully saturated rings. The fraction of sp³-hybridized carbons (Fsp3) is 0.658. The van der Waals surface area contributed by atoms with Crippen molar-refractivity contribution in [3.05, 3.63) is 48.6 Å². The van der Waals surface area contributed by atoms with Crippen molar-refractivity contribution >= 4 is 39.6 Å². The molecule has 1 rings (SSSR count). The zero-order valence-corrected chi connectivity index (χ0v) is 33.7. The van der Waals surface area contributed by atoms with Crippen LogP contribution in [0.3, 0.4) is 0 Å². The van der Waals surface area contributed by atoms with E-state index in [0.29, 0.717) is 13.0 Å². The molecule has 0 aliphatic rings. The van der Waals surface area contributed by atoms with E-state index in [1.807, 2.05) is 58.0 Å². The monoisotopic (exact) mass is 765 g/mol. The predicted octanol–water partition coefficient (Wildman–Crippen LogP) is 3.14. The predicted molar refractivity (Wildman–Crippen MR) is 205 cm³/mol. The molecule has 0 radical (unpaired) electrons. The average Bonchev–Trinajstić information content (AvgIpc) is 3.05. The van der Waals surface area contributed by atoms with Crippen LogP contribution in [-0.4, -0.2) is 91.1 Å². The van der Waals surface area contributed by atoms with Crippen LogP contribution in [0.4, 0.5) is 4.79 Å². The summed E-state index contributed by atoms with van der Waals surface area (Å²) in [5.41, 5.74) is 0.0835. The number of carbonyl (C=O) groups excluding carboxylic acids is 5. The van der Waals surface area contributed by atoms with Gasteiger partial charge in [-0.15, -0.1) is 6.58 Å². The third kappa shape index (κ3) is 19.1. The van der Waals surface area contributed by atoms with Gasteiger partial charge < -0.3 is 36.4 Å². The van der Waals surface area contributed by atoms with Crippen LogP contribution in [-0.2, 0) is 40.3 Å². The van der Waals surface area contributed by atoms with Crippen LogP contribution in [0.2, 0.25) is 0 Å². The maximum atomic E-state index is 13.7. The highest BCUT2D eigenvalue weighted by Crippen LogP contribution is 2.16. The number of benzene rings is 1. The standard InChI is InChI=1S/C38H63N5O9S/c1-11-16-28(31(44)22-26(6)33(45)43-32(25(5)12-2)36(48)39-23-27-17-14-13-15-18-27)40-34(46)29(19-20-53(10,50)51)41-35(47)30(21-24(3)4)42-37(49)52-38(7,8)9/h11,13-15,17-18,24-26,28-32,44H,1,12,16,19-23H2,2-10H3,(H,39,48)(H,40,46)(H,41,47)(H,42,49)(H,43,45)/t25-,26+,28-,29-,30-,31-,32-/m0/s1. The maximum absolute atomic E-state index is 13.7. The van der Waals surface area contributed by atoms with Crippen LogP contribution >= 0.6 is 0 Å². The third-order valence-electron chi connectivity index (χ3n) is 8.48. The Morgan fingerprint density at radius 3 is 2.00 bits per heavy atom. The minimum atomic E-state index is -3.55. The normalized spacial score (nSPS) is 15.8. The van der Waals surface area contributed by atoms with Gasteiger partial charge in [0.05, 0.1) is 17.9 Å². The molecule has 0 saturated heterocycles. The van der Waals surface area contributed by atoms with Gasteiger partial charge >= 0.3 is 6.09 Å². The van der Waals surface area contributed by atoms with Gasteiger partial charge in [-0.1, -0.05) is 77.4 Å². The highest BCUT2D eigenvalue weighted by atomic mass is 32.2. The van der Waals surface area contributed by atoms with Crippen LogP contribution in [0, 0.1) is 17.8 Å². The summed E-state index contributed by atoms with van der Waals surface area (Å²) < 4.78 is 29.4. The largest absolute Gasteiger partial charge is 0.444 e. The van der Waals surface area contributed by atoms with Crippen LogP contribution in [0.5, 0.6) is 0 Å². The number of nitrogens with one attached hydrogen (secondary N) is 5. The molecular weight excluding hydrogens is 703 g/mol. The van der Waals surface area contributed by atoms with Crippen molar-refractivity contribution < 1.29 is 42.2 Å². The van der Waals surface area contributed by atoms with E-state index < -0.39 is 81.2 Å². The second-order valence-corrected chi connectivity index (χ2v) is 17.5. The van der Waals surface area contributed by atoms with Gasteiger partial charge in [-0.3, -0.25) is 19.2 Å². The Balaban J connectivity index is 3.11. The third-order valence-corrected chi connectivity index (χ3v) is 9.46. The summed E-state index contributed by atoms with van der Waals surface area (Å²) in [7, 11) is -3.55. The summed E-state index contributed by atoms with van der Waals surface area (Å²) in [6, 6.07) is 5.16. The number of ether oxygens (including phenoxy) is 1. The van der Waals surface area contributed by atoms with E-state index >= 15 is 0 Å². The van der Waals surface area contributed by atoms with Crippen molar-refractivity contribution in [2.45, 2.75) is 130 Å². The first kappa shape index (κ1) is 47.0. The highest BCUT2D eigenvalue weighted by Gasteiger charge is 2.33. The van der Waals surface area contributed by atoms with Gasteiger partial charge in [0.15, 0.2) is 0 Å². The van der Waals surface area contributed by atoms with Crippen LogP contribution < -0.4 is 26.6 Å². The first-order valence-electron chi connectivity index (χ1n) is 18.3. The zero-order chi connectivity index (χ0) is 40.5. The van der Waals surface area contributed by atoms with Crippen molar-refractivity contribution in [1.82, 2.24) is 26.6 Å².